The largest absolute Gasteiger partial charge is 0.329 e. The highest BCUT2D eigenvalue weighted by Crippen LogP contribution is 2.32. The molecule has 1 saturated heterocycles. The van der Waals surface area contributed by atoms with E-state index in [-0.39, 0.29) is 0 Å². The van der Waals surface area contributed by atoms with Gasteiger partial charge in [-0.1, -0.05) is 0 Å². The van der Waals surface area contributed by atoms with Crippen molar-refractivity contribution in [3.8, 4) is 0 Å². The van der Waals surface area contributed by atoms with Gasteiger partial charge in [0.2, 0.25) is 0 Å². The molecule has 2 heterocycles. The van der Waals surface area contributed by atoms with Crippen LogP contribution in [-0.2, 0) is 0 Å². The van der Waals surface area contributed by atoms with Crippen LogP contribution >= 0.6 is 27.3 Å². The summed E-state index contributed by atoms with van der Waals surface area (Å²) in [4.78, 5) is 6.21. The number of halogens is 1. The van der Waals surface area contributed by atoms with E-state index in [1.807, 2.05) is 0 Å². The monoisotopic (exact) mass is 317 g/mol. The topological polar surface area (TPSA) is 32.5 Å². The summed E-state index contributed by atoms with van der Waals surface area (Å²) >= 11 is 5.32. The van der Waals surface area contributed by atoms with Crippen molar-refractivity contribution in [3.05, 3.63) is 20.8 Å². The first-order valence-electron chi connectivity index (χ1n) is 5.97. The summed E-state index contributed by atoms with van der Waals surface area (Å²) in [7, 11) is 4.32. The lowest BCUT2D eigenvalue weighted by atomic mass is 10.2. The molecule has 1 aliphatic heterocycles. The molecule has 1 aliphatic rings. The SMILES string of the molecule is CN(C)C1CCN(C(CN)c2ccc(Br)s2)C1. The van der Waals surface area contributed by atoms with Crippen molar-refractivity contribution >= 4 is 27.3 Å². The highest BCUT2D eigenvalue weighted by molar-refractivity contribution is 9.11. The van der Waals surface area contributed by atoms with Crippen LogP contribution in [0.1, 0.15) is 17.3 Å². The minimum Gasteiger partial charge on any atom is -0.329 e. The molecule has 0 aromatic carbocycles. The Morgan fingerprint density at radius 2 is 2.35 bits per heavy atom. The normalized spacial score (nSPS) is 23.5. The highest BCUT2D eigenvalue weighted by atomic mass is 79.9. The minimum atomic E-state index is 0.385. The standard InChI is InChI=1S/C12H20BrN3S/c1-15(2)9-5-6-16(8-9)10(7-14)11-3-4-12(13)17-11/h3-4,9-10H,5-8,14H2,1-2H3. The van der Waals surface area contributed by atoms with Gasteiger partial charge in [-0.3, -0.25) is 4.90 Å². The lowest BCUT2D eigenvalue weighted by molar-refractivity contribution is 0.223. The number of hydrogen-bond acceptors (Lipinski definition) is 4. The summed E-state index contributed by atoms with van der Waals surface area (Å²) in [5.41, 5.74) is 5.95. The number of nitrogens with two attached hydrogens (primary N) is 1. The Morgan fingerprint density at radius 1 is 1.59 bits per heavy atom. The van der Waals surface area contributed by atoms with Crippen molar-refractivity contribution < 1.29 is 0 Å². The molecule has 0 aliphatic carbocycles. The fourth-order valence-electron chi connectivity index (χ4n) is 2.43. The zero-order valence-corrected chi connectivity index (χ0v) is 12.8. The molecule has 2 N–H and O–H groups in total. The summed E-state index contributed by atoms with van der Waals surface area (Å²) in [6, 6.07) is 5.36. The molecule has 2 atom stereocenters. The second-order valence-electron chi connectivity index (χ2n) is 4.79. The fourth-order valence-corrected chi connectivity index (χ4v) is 4.00. The van der Waals surface area contributed by atoms with Crippen LogP contribution in [-0.4, -0.2) is 49.6 Å². The van der Waals surface area contributed by atoms with Crippen LogP contribution in [0.2, 0.25) is 0 Å². The van der Waals surface area contributed by atoms with E-state index >= 15 is 0 Å². The average Bonchev–Trinajstić information content (AvgIpc) is 2.89. The molecule has 1 fully saturated rings. The first kappa shape index (κ1) is 13.5. The van der Waals surface area contributed by atoms with Gasteiger partial charge in [0.15, 0.2) is 0 Å². The Labute approximate surface area is 116 Å². The predicted octanol–water partition coefficient (Wildman–Crippen LogP) is 2.15. The number of likely N-dealkylation sites (tertiary alicyclic amines) is 1. The van der Waals surface area contributed by atoms with Gasteiger partial charge in [0.25, 0.3) is 0 Å². The molecule has 2 rings (SSSR count). The molecule has 0 bridgehead atoms. The molecule has 1 aromatic heterocycles. The maximum absolute atomic E-state index is 5.95. The summed E-state index contributed by atoms with van der Waals surface area (Å²) in [5.74, 6) is 0. The zero-order valence-electron chi connectivity index (χ0n) is 10.4. The van der Waals surface area contributed by atoms with Crippen LogP contribution in [0, 0.1) is 0 Å². The number of hydrogen-bond donors (Lipinski definition) is 1. The minimum absolute atomic E-state index is 0.385. The molecular formula is C12H20BrN3S. The third-order valence-electron chi connectivity index (χ3n) is 3.51. The van der Waals surface area contributed by atoms with Crippen LogP contribution in [0.3, 0.4) is 0 Å². The zero-order chi connectivity index (χ0) is 12.4. The quantitative estimate of drug-likeness (QED) is 0.923. The molecule has 0 spiro atoms. The maximum Gasteiger partial charge on any atom is 0.0702 e. The van der Waals surface area contributed by atoms with Crippen molar-refractivity contribution in [1.82, 2.24) is 9.80 Å². The summed E-state index contributed by atoms with van der Waals surface area (Å²) in [6.45, 7) is 2.98. The van der Waals surface area contributed by atoms with E-state index in [1.54, 1.807) is 11.3 Å². The Kier molecular flexibility index (Phi) is 4.60. The predicted molar refractivity (Wildman–Crippen MR) is 77.5 cm³/mol. The van der Waals surface area contributed by atoms with Crippen LogP contribution in [0.25, 0.3) is 0 Å². The number of likely N-dealkylation sites (N-methyl/N-ethyl adjacent to an activating group) is 1. The van der Waals surface area contributed by atoms with Crippen LogP contribution in [0.5, 0.6) is 0 Å². The second-order valence-corrected chi connectivity index (χ2v) is 7.29. The Hall–Kier alpha value is 0.0600. The molecule has 1 aromatic rings. The molecule has 2 unspecified atom stereocenters. The van der Waals surface area contributed by atoms with Crippen molar-refractivity contribution in [3.63, 3.8) is 0 Å². The Balaban J connectivity index is 2.05. The number of thiophene rings is 1. The number of rotatable bonds is 4. The maximum atomic E-state index is 5.95. The van der Waals surface area contributed by atoms with E-state index in [0.717, 1.165) is 13.1 Å². The van der Waals surface area contributed by atoms with Crippen molar-refractivity contribution in [1.29, 1.82) is 0 Å². The molecule has 0 amide bonds. The summed E-state index contributed by atoms with van der Waals surface area (Å²) in [5, 5.41) is 0. The molecule has 0 radical (unpaired) electrons. The third-order valence-corrected chi connectivity index (χ3v) is 5.24. The van der Waals surface area contributed by atoms with Gasteiger partial charge in [-0.25, -0.2) is 0 Å². The second kappa shape index (κ2) is 5.80. The van der Waals surface area contributed by atoms with Crippen molar-refractivity contribution in [2.24, 2.45) is 5.73 Å². The van der Waals surface area contributed by atoms with E-state index in [4.69, 9.17) is 5.73 Å². The van der Waals surface area contributed by atoms with Gasteiger partial charge in [-0.05, 0) is 48.6 Å². The van der Waals surface area contributed by atoms with Crippen molar-refractivity contribution in [2.75, 3.05) is 33.7 Å². The molecule has 0 saturated carbocycles. The summed E-state index contributed by atoms with van der Waals surface area (Å²) in [6.07, 6.45) is 1.25. The van der Waals surface area contributed by atoms with Crippen LogP contribution in [0.4, 0.5) is 0 Å². The molecule has 5 heteroatoms. The molecule has 96 valence electrons. The smallest absolute Gasteiger partial charge is 0.0702 e. The van der Waals surface area contributed by atoms with E-state index in [1.165, 1.54) is 15.1 Å². The van der Waals surface area contributed by atoms with Crippen LogP contribution in [0.15, 0.2) is 15.9 Å². The van der Waals surface area contributed by atoms with E-state index < -0.39 is 0 Å². The number of nitrogens with zero attached hydrogens (tertiary/aromatic N) is 2. The van der Waals surface area contributed by atoms with E-state index in [2.05, 4.69) is 52.0 Å². The fraction of sp³-hybridized carbons (Fsp3) is 0.667. The van der Waals surface area contributed by atoms with Gasteiger partial charge < -0.3 is 10.6 Å². The van der Waals surface area contributed by atoms with Gasteiger partial charge in [0.05, 0.1) is 9.83 Å². The Morgan fingerprint density at radius 3 is 2.82 bits per heavy atom. The van der Waals surface area contributed by atoms with E-state index in [9.17, 15) is 0 Å². The average molecular weight is 318 g/mol. The van der Waals surface area contributed by atoms with Crippen molar-refractivity contribution in [2.45, 2.75) is 18.5 Å². The lowest BCUT2D eigenvalue weighted by Gasteiger charge is -2.27. The highest BCUT2D eigenvalue weighted by Gasteiger charge is 2.29. The third kappa shape index (κ3) is 3.09. The van der Waals surface area contributed by atoms with Crippen LogP contribution < -0.4 is 5.73 Å². The van der Waals surface area contributed by atoms with Gasteiger partial charge >= 0.3 is 0 Å². The first-order valence-corrected chi connectivity index (χ1v) is 7.58. The first-order chi connectivity index (χ1) is 8.11. The van der Waals surface area contributed by atoms with Gasteiger partial charge in [-0.2, -0.15) is 0 Å². The van der Waals surface area contributed by atoms with Gasteiger partial charge in [0, 0.05) is 30.6 Å². The lowest BCUT2D eigenvalue weighted by Crippen LogP contribution is -2.35. The summed E-state index contributed by atoms with van der Waals surface area (Å²) < 4.78 is 1.19. The van der Waals surface area contributed by atoms with Gasteiger partial charge in [-0.15, -0.1) is 11.3 Å². The molecule has 3 nitrogen and oxygen atoms in total. The molecule has 17 heavy (non-hydrogen) atoms. The molecular weight excluding hydrogens is 298 g/mol. The Bertz CT molecular complexity index is 366. The van der Waals surface area contributed by atoms with Gasteiger partial charge in [0.1, 0.15) is 0 Å². The van der Waals surface area contributed by atoms with E-state index in [0.29, 0.717) is 18.6 Å².